The normalized spacial score (nSPS) is 12.6. The topological polar surface area (TPSA) is 94.5 Å². The van der Waals surface area contributed by atoms with Crippen LogP contribution in [-0.2, 0) is 19.9 Å². The van der Waals surface area contributed by atoms with E-state index in [0.29, 0.717) is 12.2 Å². The summed E-state index contributed by atoms with van der Waals surface area (Å²) in [5.74, 6) is 6.26. The van der Waals surface area contributed by atoms with E-state index < -0.39 is 0 Å². The van der Waals surface area contributed by atoms with Crippen LogP contribution in [0.15, 0.2) is 18.3 Å². The molecule has 0 saturated carbocycles. The summed E-state index contributed by atoms with van der Waals surface area (Å²) in [5.41, 5.74) is 4.88. The molecule has 0 spiro atoms. The van der Waals surface area contributed by atoms with Crippen molar-refractivity contribution in [2.24, 2.45) is 12.9 Å². The molecule has 2 aromatic heterocycles. The van der Waals surface area contributed by atoms with Crippen molar-refractivity contribution in [1.82, 2.24) is 30.6 Å². The number of nitrogens with two attached hydrogens (primary N) is 1. The van der Waals surface area contributed by atoms with Gasteiger partial charge in [-0.05, 0) is 23.3 Å². The summed E-state index contributed by atoms with van der Waals surface area (Å²) in [5, 5.41) is 11.9. The average Bonchev–Trinajstić information content (AvgIpc) is 2.81. The molecule has 1 unspecified atom stereocenters. The molecule has 0 aliphatic carbocycles. The maximum atomic E-state index is 5.61. The van der Waals surface area contributed by atoms with E-state index in [0.717, 1.165) is 12.1 Å². The van der Waals surface area contributed by atoms with Gasteiger partial charge in [-0.2, -0.15) is 4.80 Å². The Bertz CT molecular complexity index is 508. The monoisotopic (exact) mass is 247 g/mol. The minimum Gasteiger partial charge on any atom is -0.271 e. The van der Waals surface area contributed by atoms with Crippen LogP contribution in [0.1, 0.15) is 30.0 Å². The van der Waals surface area contributed by atoms with Gasteiger partial charge in [-0.15, -0.1) is 10.2 Å². The fourth-order valence-corrected chi connectivity index (χ4v) is 1.89. The number of hydrogen-bond acceptors (Lipinski definition) is 6. The zero-order valence-electron chi connectivity index (χ0n) is 10.5. The second-order valence-electron chi connectivity index (χ2n) is 4.02. The molecule has 7 nitrogen and oxygen atoms in total. The molecule has 2 heterocycles. The van der Waals surface area contributed by atoms with Gasteiger partial charge in [-0.1, -0.05) is 13.0 Å². The quantitative estimate of drug-likeness (QED) is 0.566. The van der Waals surface area contributed by atoms with Crippen LogP contribution in [0, 0.1) is 0 Å². The molecule has 0 saturated heterocycles. The lowest BCUT2D eigenvalue weighted by Gasteiger charge is -2.16. The highest BCUT2D eigenvalue weighted by atomic mass is 15.6. The van der Waals surface area contributed by atoms with Crippen LogP contribution < -0.4 is 11.3 Å². The molecule has 3 N–H and O–H groups in total. The Morgan fingerprint density at radius 3 is 2.94 bits per heavy atom. The first-order valence-electron chi connectivity index (χ1n) is 5.87. The Morgan fingerprint density at radius 1 is 1.50 bits per heavy atom. The van der Waals surface area contributed by atoms with Gasteiger partial charge in [0.15, 0.2) is 5.82 Å². The third-order valence-electron chi connectivity index (χ3n) is 2.77. The van der Waals surface area contributed by atoms with E-state index in [1.54, 1.807) is 13.2 Å². The summed E-state index contributed by atoms with van der Waals surface area (Å²) in [7, 11) is 1.74. The summed E-state index contributed by atoms with van der Waals surface area (Å²) in [6.45, 7) is 2.09. The maximum Gasteiger partial charge on any atom is 0.176 e. The average molecular weight is 247 g/mol. The largest absolute Gasteiger partial charge is 0.271 e. The van der Waals surface area contributed by atoms with Crippen LogP contribution in [0.2, 0.25) is 0 Å². The van der Waals surface area contributed by atoms with Crippen LogP contribution in [0.3, 0.4) is 0 Å². The summed E-state index contributed by atoms with van der Waals surface area (Å²) in [4.78, 5) is 5.83. The Hall–Kier alpha value is -1.86. The highest BCUT2D eigenvalue weighted by Crippen LogP contribution is 2.18. The van der Waals surface area contributed by atoms with Crippen molar-refractivity contribution in [3.63, 3.8) is 0 Å². The number of rotatable bonds is 5. The molecule has 96 valence electrons. The number of tetrazole rings is 1. The Morgan fingerprint density at radius 2 is 2.33 bits per heavy atom. The molecule has 18 heavy (non-hydrogen) atoms. The first kappa shape index (κ1) is 12.6. The van der Waals surface area contributed by atoms with Gasteiger partial charge in [0.05, 0.1) is 18.8 Å². The predicted molar refractivity (Wildman–Crippen MR) is 66.2 cm³/mol. The number of pyridine rings is 1. The van der Waals surface area contributed by atoms with Gasteiger partial charge in [-0.3, -0.25) is 16.3 Å². The number of nitrogens with zero attached hydrogens (tertiary/aromatic N) is 5. The van der Waals surface area contributed by atoms with Crippen LogP contribution in [0.25, 0.3) is 0 Å². The highest BCUT2D eigenvalue weighted by Gasteiger charge is 2.17. The van der Waals surface area contributed by atoms with Crippen molar-refractivity contribution in [2.75, 3.05) is 0 Å². The lowest BCUT2D eigenvalue weighted by atomic mass is 10.0. The number of aryl methyl sites for hydroxylation is 2. The van der Waals surface area contributed by atoms with Gasteiger partial charge in [0.1, 0.15) is 0 Å². The molecule has 0 bridgehead atoms. The summed E-state index contributed by atoms with van der Waals surface area (Å²) < 4.78 is 0. The second-order valence-corrected chi connectivity index (χ2v) is 4.02. The third-order valence-corrected chi connectivity index (χ3v) is 2.77. The number of aromatic nitrogens is 5. The molecule has 1 atom stereocenters. The molecule has 0 aliphatic rings. The van der Waals surface area contributed by atoms with Gasteiger partial charge >= 0.3 is 0 Å². The Kier molecular flexibility index (Phi) is 3.96. The van der Waals surface area contributed by atoms with Crippen LogP contribution >= 0.6 is 0 Å². The molecule has 7 heteroatoms. The third kappa shape index (κ3) is 2.69. The molecule has 0 radical (unpaired) electrons. The molecule has 0 amide bonds. The maximum absolute atomic E-state index is 5.61. The Balaban J connectivity index is 2.22. The minimum absolute atomic E-state index is 0.106. The molecular formula is C11H17N7. The van der Waals surface area contributed by atoms with Gasteiger partial charge < -0.3 is 0 Å². The number of hydrogen-bond donors (Lipinski definition) is 2. The zero-order valence-corrected chi connectivity index (χ0v) is 10.5. The van der Waals surface area contributed by atoms with E-state index in [2.05, 4.69) is 38.8 Å². The lowest BCUT2D eigenvalue weighted by molar-refractivity contribution is 0.519. The van der Waals surface area contributed by atoms with Crippen molar-refractivity contribution < 1.29 is 0 Å². The predicted octanol–water partition coefficient (Wildman–Crippen LogP) is -0.0854. The van der Waals surface area contributed by atoms with Crippen molar-refractivity contribution in [1.29, 1.82) is 0 Å². The SMILES string of the molecule is CCc1cccnc1C(Cc1nnn(C)n1)NN. The molecule has 2 aromatic rings. The van der Waals surface area contributed by atoms with Crippen molar-refractivity contribution in [3.8, 4) is 0 Å². The van der Waals surface area contributed by atoms with Crippen LogP contribution in [0.5, 0.6) is 0 Å². The zero-order chi connectivity index (χ0) is 13.0. The number of nitrogens with one attached hydrogen (secondary N) is 1. The van der Waals surface area contributed by atoms with Crippen LogP contribution in [-0.4, -0.2) is 25.2 Å². The highest BCUT2D eigenvalue weighted by molar-refractivity contribution is 5.23. The standard InChI is InChI=1S/C11H17N7/c1-3-8-5-4-6-13-11(8)9(14-12)7-10-15-17-18(2)16-10/h4-6,9,14H,3,7,12H2,1-2H3. The first-order valence-corrected chi connectivity index (χ1v) is 5.87. The van der Waals surface area contributed by atoms with Crippen molar-refractivity contribution in [2.45, 2.75) is 25.8 Å². The molecule has 0 aliphatic heterocycles. The van der Waals surface area contributed by atoms with E-state index >= 15 is 0 Å². The minimum atomic E-state index is -0.106. The van der Waals surface area contributed by atoms with E-state index in [1.165, 1.54) is 10.4 Å². The van der Waals surface area contributed by atoms with E-state index in [4.69, 9.17) is 5.84 Å². The summed E-state index contributed by atoms with van der Waals surface area (Å²) in [6.07, 6.45) is 3.24. The lowest BCUT2D eigenvalue weighted by Crippen LogP contribution is -2.31. The molecule has 2 rings (SSSR count). The Labute approximate surface area is 105 Å². The van der Waals surface area contributed by atoms with Gasteiger partial charge in [0.25, 0.3) is 0 Å². The van der Waals surface area contributed by atoms with Gasteiger partial charge in [0.2, 0.25) is 0 Å². The van der Waals surface area contributed by atoms with Crippen LogP contribution in [0.4, 0.5) is 0 Å². The summed E-state index contributed by atoms with van der Waals surface area (Å²) >= 11 is 0. The van der Waals surface area contributed by atoms with Crippen molar-refractivity contribution >= 4 is 0 Å². The molecule has 0 aromatic carbocycles. The number of hydrazine groups is 1. The van der Waals surface area contributed by atoms with Crippen molar-refractivity contribution in [3.05, 3.63) is 35.4 Å². The van der Waals surface area contributed by atoms with Gasteiger partial charge in [0, 0.05) is 12.6 Å². The first-order chi connectivity index (χ1) is 8.74. The summed E-state index contributed by atoms with van der Waals surface area (Å²) in [6, 6.07) is 3.87. The molecular weight excluding hydrogens is 230 g/mol. The molecule has 0 fully saturated rings. The van der Waals surface area contributed by atoms with E-state index in [1.807, 2.05) is 6.07 Å². The second kappa shape index (κ2) is 5.65. The fourth-order valence-electron chi connectivity index (χ4n) is 1.89. The fraction of sp³-hybridized carbons (Fsp3) is 0.455. The smallest absolute Gasteiger partial charge is 0.176 e. The van der Waals surface area contributed by atoms with E-state index in [9.17, 15) is 0 Å². The van der Waals surface area contributed by atoms with E-state index in [-0.39, 0.29) is 6.04 Å². The van der Waals surface area contributed by atoms with Gasteiger partial charge in [-0.25, -0.2) is 0 Å².